The molecule has 1 heterocycles. The Kier molecular flexibility index (Phi) is 3.83. The van der Waals surface area contributed by atoms with E-state index in [2.05, 4.69) is 9.82 Å². The number of hydrogen-bond donors (Lipinski definition) is 2. The second-order valence-electron chi connectivity index (χ2n) is 3.37. The van der Waals surface area contributed by atoms with Crippen molar-refractivity contribution >= 4 is 10.0 Å². The smallest absolute Gasteiger partial charge is 0.243 e. The molecule has 3 N–H and O–H groups in total. The van der Waals surface area contributed by atoms with Gasteiger partial charge in [-0.3, -0.25) is 4.68 Å². The second kappa shape index (κ2) is 4.73. The number of nitrogens with one attached hydrogen (secondary N) is 1. The third kappa shape index (κ3) is 3.29. The Morgan fingerprint density at radius 3 is 2.80 bits per heavy atom. The van der Waals surface area contributed by atoms with Crippen LogP contribution in [0.15, 0.2) is 17.3 Å². The molecule has 0 aliphatic rings. The summed E-state index contributed by atoms with van der Waals surface area (Å²) in [5.41, 5.74) is 5.62. The highest BCUT2D eigenvalue weighted by molar-refractivity contribution is 7.89. The molecule has 0 radical (unpaired) electrons. The number of sulfonamides is 1. The first-order chi connectivity index (χ1) is 6.95. The van der Waals surface area contributed by atoms with E-state index in [1.165, 1.54) is 17.1 Å². The normalized spacial score (nSPS) is 14.1. The lowest BCUT2D eigenvalue weighted by Gasteiger charge is -2.09. The van der Waals surface area contributed by atoms with E-state index in [0.717, 1.165) is 6.42 Å². The molecule has 0 aliphatic carbocycles. The van der Waals surface area contributed by atoms with E-state index in [0.29, 0.717) is 0 Å². The number of hydrogen-bond acceptors (Lipinski definition) is 4. The largest absolute Gasteiger partial charge is 0.327 e. The Hall–Kier alpha value is -0.920. The summed E-state index contributed by atoms with van der Waals surface area (Å²) in [6.07, 6.45) is 3.48. The molecule has 1 rings (SSSR count). The zero-order chi connectivity index (χ0) is 11.5. The molecule has 86 valence electrons. The highest BCUT2D eigenvalue weighted by Crippen LogP contribution is 2.05. The first-order valence-electron chi connectivity index (χ1n) is 4.69. The van der Waals surface area contributed by atoms with Crippen molar-refractivity contribution in [2.75, 3.05) is 6.54 Å². The monoisotopic (exact) mass is 232 g/mol. The van der Waals surface area contributed by atoms with Crippen LogP contribution in [0.25, 0.3) is 0 Å². The van der Waals surface area contributed by atoms with Crippen LogP contribution in [-0.4, -0.2) is 30.8 Å². The summed E-state index contributed by atoms with van der Waals surface area (Å²) in [7, 11) is -1.79. The van der Waals surface area contributed by atoms with Gasteiger partial charge in [0.25, 0.3) is 0 Å². The fourth-order valence-corrected chi connectivity index (χ4v) is 2.06. The fourth-order valence-electron chi connectivity index (χ4n) is 0.982. The van der Waals surface area contributed by atoms with Gasteiger partial charge in [0, 0.05) is 25.8 Å². The zero-order valence-electron chi connectivity index (χ0n) is 8.84. The molecule has 1 aromatic heterocycles. The average molecular weight is 232 g/mol. The maximum Gasteiger partial charge on any atom is 0.243 e. The summed E-state index contributed by atoms with van der Waals surface area (Å²) >= 11 is 0. The van der Waals surface area contributed by atoms with E-state index in [-0.39, 0.29) is 17.5 Å². The lowest BCUT2D eigenvalue weighted by atomic mass is 10.2. The number of aryl methyl sites for hydroxylation is 1. The van der Waals surface area contributed by atoms with Gasteiger partial charge in [0.05, 0.1) is 6.20 Å². The van der Waals surface area contributed by atoms with Crippen LogP contribution in [0.3, 0.4) is 0 Å². The molecule has 0 amide bonds. The van der Waals surface area contributed by atoms with E-state index in [4.69, 9.17) is 5.73 Å². The Morgan fingerprint density at radius 1 is 1.67 bits per heavy atom. The predicted octanol–water partition coefficient (Wildman–Crippen LogP) is -0.564. The molecule has 0 saturated heterocycles. The average Bonchev–Trinajstić information content (AvgIpc) is 2.62. The molecule has 0 aliphatic heterocycles. The molecule has 1 unspecified atom stereocenters. The van der Waals surface area contributed by atoms with Crippen LogP contribution in [-0.2, 0) is 17.1 Å². The first kappa shape index (κ1) is 12.2. The Balaban J connectivity index is 2.68. The molecule has 0 spiro atoms. The van der Waals surface area contributed by atoms with Crippen LogP contribution >= 0.6 is 0 Å². The van der Waals surface area contributed by atoms with Gasteiger partial charge in [0.1, 0.15) is 4.90 Å². The minimum atomic E-state index is -3.46. The number of nitrogens with zero attached hydrogens (tertiary/aromatic N) is 2. The van der Waals surface area contributed by atoms with Crippen LogP contribution in [0, 0.1) is 0 Å². The van der Waals surface area contributed by atoms with Gasteiger partial charge in [-0.25, -0.2) is 13.1 Å². The van der Waals surface area contributed by atoms with Crippen molar-refractivity contribution in [2.45, 2.75) is 24.3 Å². The van der Waals surface area contributed by atoms with Crippen molar-refractivity contribution < 1.29 is 8.42 Å². The summed E-state index contributed by atoms with van der Waals surface area (Å²) in [5.74, 6) is 0. The van der Waals surface area contributed by atoms with Crippen molar-refractivity contribution in [3.63, 3.8) is 0 Å². The van der Waals surface area contributed by atoms with Crippen LogP contribution < -0.4 is 10.5 Å². The van der Waals surface area contributed by atoms with Gasteiger partial charge in [-0.1, -0.05) is 6.92 Å². The van der Waals surface area contributed by atoms with Crippen molar-refractivity contribution in [2.24, 2.45) is 12.8 Å². The third-order valence-corrected chi connectivity index (χ3v) is 3.43. The van der Waals surface area contributed by atoms with Gasteiger partial charge >= 0.3 is 0 Å². The zero-order valence-corrected chi connectivity index (χ0v) is 9.66. The van der Waals surface area contributed by atoms with Crippen molar-refractivity contribution in [3.8, 4) is 0 Å². The van der Waals surface area contributed by atoms with E-state index >= 15 is 0 Å². The van der Waals surface area contributed by atoms with Crippen molar-refractivity contribution in [1.29, 1.82) is 0 Å². The molecule has 1 atom stereocenters. The van der Waals surface area contributed by atoms with Crippen LogP contribution in [0.5, 0.6) is 0 Å². The minimum Gasteiger partial charge on any atom is -0.327 e. The van der Waals surface area contributed by atoms with Gasteiger partial charge in [-0.15, -0.1) is 0 Å². The van der Waals surface area contributed by atoms with Gasteiger partial charge < -0.3 is 5.73 Å². The summed E-state index contributed by atoms with van der Waals surface area (Å²) in [6.45, 7) is 2.15. The summed E-state index contributed by atoms with van der Waals surface area (Å²) in [5, 5.41) is 3.80. The van der Waals surface area contributed by atoms with Crippen LogP contribution in [0.4, 0.5) is 0 Å². The number of rotatable bonds is 5. The maximum absolute atomic E-state index is 11.6. The van der Waals surface area contributed by atoms with Crippen molar-refractivity contribution in [3.05, 3.63) is 12.4 Å². The SMILES string of the molecule is CCC(N)CNS(=O)(=O)c1cnn(C)c1. The maximum atomic E-state index is 11.6. The van der Waals surface area contributed by atoms with Gasteiger partial charge in [-0.2, -0.15) is 5.10 Å². The fraction of sp³-hybridized carbons (Fsp3) is 0.625. The highest BCUT2D eigenvalue weighted by atomic mass is 32.2. The number of nitrogens with two attached hydrogens (primary N) is 1. The Morgan fingerprint density at radius 2 is 2.33 bits per heavy atom. The van der Waals surface area contributed by atoms with Gasteiger partial charge in [0.15, 0.2) is 0 Å². The minimum absolute atomic E-state index is 0.156. The summed E-state index contributed by atoms with van der Waals surface area (Å²) in [6, 6.07) is -0.156. The quantitative estimate of drug-likeness (QED) is 0.711. The molecular weight excluding hydrogens is 216 g/mol. The van der Waals surface area contributed by atoms with E-state index in [1.807, 2.05) is 6.92 Å². The standard InChI is InChI=1S/C8H16N4O2S/c1-3-7(9)4-11-15(13,14)8-5-10-12(2)6-8/h5-7,11H,3-4,9H2,1-2H3. The van der Waals surface area contributed by atoms with Gasteiger partial charge in [0.2, 0.25) is 10.0 Å². The molecule has 0 aromatic carbocycles. The molecular formula is C8H16N4O2S. The molecule has 6 nitrogen and oxygen atoms in total. The highest BCUT2D eigenvalue weighted by Gasteiger charge is 2.16. The molecule has 0 fully saturated rings. The Bertz CT molecular complexity index is 412. The Labute approximate surface area is 89.5 Å². The van der Waals surface area contributed by atoms with Crippen molar-refractivity contribution in [1.82, 2.24) is 14.5 Å². The lowest BCUT2D eigenvalue weighted by Crippen LogP contribution is -2.36. The van der Waals surface area contributed by atoms with E-state index in [1.54, 1.807) is 7.05 Å². The lowest BCUT2D eigenvalue weighted by molar-refractivity contribution is 0.564. The molecule has 0 bridgehead atoms. The molecule has 15 heavy (non-hydrogen) atoms. The summed E-state index contributed by atoms with van der Waals surface area (Å²) in [4.78, 5) is 0.160. The van der Waals surface area contributed by atoms with Crippen LogP contribution in [0.2, 0.25) is 0 Å². The molecule has 1 aromatic rings. The van der Waals surface area contributed by atoms with Gasteiger partial charge in [-0.05, 0) is 6.42 Å². The topological polar surface area (TPSA) is 90.0 Å². The van der Waals surface area contributed by atoms with E-state index in [9.17, 15) is 8.42 Å². The molecule has 7 heteroatoms. The first-order valence-corrected chi connectivity index (χ1v) is 6.18. The summed E-state index contributed by atoms with van der Waals surface area (Å²) < 4.78 is 27.2. The second-order valence-corrected chi connectivity index (χ2v) is 5.14. The van der Waals surface area contributed by atoms with Crippen LogP contribution in [0.1, 0.15) is 13.3 Å². The number of aromatic nitrogens is 2. The predicted molar refractivity (Wildman–Crippen MR) is 56.7 cm³/mol. The van der Waals surface area contributed by atoms with E-state index < -0.39 is 10.0 Å². The molecule has 0 saturated carbocycles. The third-order valence-electron chi connectivity index (χ3n) is 2.05.